The molecule has 0 spiro atoms. The highest BCUT2D eigenvalue weighted by Crippen LogP contribution is 2.42. The molecular formula is C20H22F3N3O3S. The van der Waals surface area contributed by atoms with Crippen LogP contribution < -0.4 is 0 Å². The third-order valence-electron chi connectivity index (χ3n) is 5.55. The number of alkyl halides is 3. The lowest BCUT2D eigenvalue weighted by Crippen LogP contribution is -2.42. The number of nitriles is 1. The second kappa shape index (κ2) is 7.39. The molecule has 1 saturated heterocycles. The van der Waals surface area contributed by atoms with E-state index in [0.717, 1.165) is 12.1 Å². The van der Waals surface area contributed by atoms with Crippen LogP contribution in [0.1, 0.15) is 56.7 Å². The van der Waals surface area contributed by atoms with Gasteiger partial charge in [0.15, 0.2) is 9.84 Å². The summed E-state index contributed by atoms with van der Waals surface area (Å²) in [5.74, 6) is 0. The van der Waals surface area contributed by atoms with E-state index in [4.69, 9.17) is 4.74 Å². The number of halogens is 3. The predicted molar refractivity (Wildman–Crippen MR) is 102 cm³/mol. The van der Waals surface area contributed by atoms with Crippen LogP contribution in [0.4, 0.5) is 13.2 Å². The van der Waals surface area contributed by atoms with Gasteiger partial charge >= 0.3 is 6.18 Å². The Hall–Kier alpha value is -2.38. The van der Waals surface area contributed by atoms with Crippen molar-refractivity contribution in [2.24, 2.45) is 0 Å². The smallest absolute Gasteiger partial charge is 0.372 e. The first-order chi connectivity index (χ1) is 13.8. The second-order valence-electron chi connectivity index (χ2n) is 8.24. The standard InChI is InChI=1S/C20H22F3N3O3S/c1-18(2,12-24)17-10-15(25-26-17)16-11-19(3,7-8-29-16)30(27,28)14-6-4-5-13(9-14)20(21,22)23/h4-6,9-10,16H,7-8,11H2,1-3H3,(H,25,26). The molecule has 1 fully saturated rings. The van der Waals surface area contributed by atoms with Crippen molar-refractivity contribution in [2.75, 3.05) is 6.61 Å². The van der Waals surface area contributed by atoms with Gasteiger partial charge in [-0.1, -0.05) is 6.07 Å². The molecule has 0 saturated carbocycles. The summed E-state index contributed by atoms with van der Waals surface area (Å²) in [7, 11) is -4.08. The van der Waals surface area contributed by atoms with Crippen molar-refractivity contribution in [3.8, 4) is 6.07 Å². The zero-order chi connectivity index (χ0) is 22.4. The summed E-state index contributed by atoms with van der Waals surface area (Å²) in [6.07, 6.45) is -5.09. The third kappa shape index (κ3) is 3.96. The van der Waals surface area contributed by atoms with Gasteiger partial charge in [0.2, 0.25) is 0 Å². The number of aromatic nitrogens is 2. The number of sulfone groups is 1. The highest BCUT2D eigenvalue weighted by molar-refractivity contribution is 7.92. The Balaban J connectivity index is 1.92. The number of hydrogen-bond donors (Lipinski definition) is 1. The van der Waals surface area contributed by atoms with Crippen LogP contribution in [0.3, 0.4) is 0 Å². The number of ether oxygens (including phenoxy) is 1. The molecule has 1 aliphatic heterocycles. The van der Waals surface area contributed by atoms with Crippen LogP contribution in [-0.2, 0) is 26.2 Å². The van der Waals surface area contributed by atoms with Crippen LogP contribution in [0, 0.1) is 11.3 Å². The van der Waals surface area contributed by atoms with Crippen LogP contribution in [0.5, 0.6) is 0 Å². The van der Waals surface area contributed by atoms with Crippen LogP contribution in [0.25, 0.3) is 0 Å². The SMILES string of the molecule is CC(C)(C#N)c1cc(C2CC(C)(S(=O)(=O)c3cccc(C(F)(F)F)c3)CCO2)[nH]n1. The van der Waals surface area contributed by atoms with Crippen molar-refractivity contribution in [3.63, 3.8) is 0 Å². The lowest BCUT2D eigenvalue weighted by atomic mass is 9.90. The zero-order valence-corrected chi connectivity index (χ0v) is 17.6. The molecule has 3 rings (SSSR count). The van der Waals surface area contributed by atoms with Crippen molar-refractivity contribution in [2.45, 2.75) is 61.0 Å². The van der Waals surface area contributed by atoms with Crippen molar-refractivity contribution in [1.82, 2.24) is 10.2 Å². The summed E-state index contributed by atoms with van der Waals surface area (Å²) in [5.41, 5.74) is -0.820. The van der Waals surface area contributed by atoms with Crippen molar-refractivity contribution >= 4 is 9.84 Å². The van der Waals surface area contributed by atoms with Crippen molar-refractivity contribution in [3.05, 3.63) is 47.3 Å². The average molecular weight is 441 g/mol. The molecule has 10 heteroatoms. The molecule has 2 aromatic rings. The first-order valence-corrected chi connectivity index (χ1v) is 10.8. The Kier molecular flexibility index (Phi) is 5.50. The van der Waals surface area contributed by atoms with Gasteiger partial charge in [0.1, 0.15) is 6.10 Å². The Bertz CT molecular complexity index is 1090. The van der Waals surface area contributed by atoms with Gasteiger partial charge < -0.3 is 4.74 Å². The lowest BCUT2D eigenvalue weighted by Gasteiger charge is -2.37. The predicted octanol–water partition coefficient (Wildman–Crippen LogP) is 4.31. The number of H-pyrrole nitrogens is 1. The molecule has 1 aromatic heterocycles. The molecular weight excluding hydrogens is 419 g/mol. The number of aromatic amines is 1. The maximum atomic E-state index is 13.3. The molecule has 2 atom stereocenters. The quantitative estimate of drug-likeness (QED) is 0.763. The minimum atomic E-state index is -4.63. The summed E-state index contributed by atoms with van der Waals surface area (Å²) in [6, 6.07) is 7.61. The van der Waals surface area contributed by atoms with Gasteiger partial charge in [0.25, 0.3) is 0 Å². The van der Waals surface area contributed by atoms with Gasteiger partial charge in [-0.2, -0.15) is 23.5 Å². The molecule has 30 heavy (non-hydrogen) atoms. The van der Waals surface area contributed by atoms with E-state index in [9.17, 15) is 26.9 Å². The highest BCUT2D eigenvalue weighted by Gasteiger charge is 2.46. The van der Waals surface area contributed by atoms with Gasteiger partial charge in [0, 0.05) is 6.61 Å². The number of nitrogens with one attached hydrogen (secondary N) is 1. The summed E-state index contributed by atoms with van der Waals surface area (Å²) in [4.78, 5) is -0.364. The Morgan fingerprint density at radius 3 is 2.63 bits per heavy atom. The Morgan fingerprint density at radius 2 is 2.00 bits per heavy atom. The summed E-state index contributed by atoms with van der Waals surface area (Å²) in [5, 5.41) is 16.2. The molecule has 162 valence electrons. The van der Waals surface area contributed by atoms with E-state index in [0.29, 0.717) is 17.5 Å². The minimum Gasteiger partial charge on any atom is -0.372 e. The van der Waals surface area contributed by atoms with Gasteiger partial charge in [-0.3, -0.25) is 5.10 Å². The fraction of sp³-hybridized carbons (Fsp3) is 0.500. The molecule has 0 amide bonds. The molecule has 0 bridgehead atoms. The van der Waals surface area contributed by atoms with Gasteiger partial charge in [-0.05, 0) is 57.9 Å². The average Bonchev–Trinajstić information content (AvgIpc) is 3.18. The van der Waals surface area contributed by atoms with E-state index in [1.807, 2.05) is 0 Å². The molecule has 6 nitrogen and oxygen atoms in total. The van der Waals surface area contributed by atoms with Crippen molar-refractivity contribution < 1.29 is 26.3 Å². The van der Waals surface area contributed by atoms with E-state index >= 15 is 0 Å². The maximum absolute atomic E-state index is 13.3. The zero-order valence-electron chi connectivity index (χ0n) is 16.7. The number of benzene rings is 1. The van der Waals surface area contributed by atoms with E-state index in [1.54, 1.807) is 19.9 Å². The highest BCUT2D eigenvalue weighted by atomic mass is 32.2. The Labute approximate surface area is 173 Å². The lowest BCUT2D eigenvalue weighted by molar-refractivity contribution is -0.137. The van der Waals surface area contributed by atoms with E-state index in [2.05, 4.69) is 16.3 Å². The second-order valence-corrected chi connectivity index (χ2v) is 10.7. The molecule has 1 aromatic carbocycles. The summed E-state index contributed by atoms with van der Waals surface area (Å²) < 4.78 is 70.1. The first kappa shape index (κ1) is 22.3. The third-order valence-corrected chi connectivity index (χ3v) is 8.09. The van der Waals surface area contributed by atoms with Crippen molar-refractivity contribution in [1.29, 1.82) is 5.26 Å². The molecule has 0 radical (unpaired) electrons. The summed E-state index contributed by atoms with van der Waals surface area (Å²) in [6.45, 7) is 5.05. The van der Waals surface area contributed by atoms with Crippen LogP contribution in [0.15, 0.2) is 35.2 Å². The topological polar surface area (TPSA) is 95.8 Å². The molecule has 2 heterocycles. The van der Waals surface area contributed by atoms with E-state index < -0.39 is 37.8 Å². The molecule has 0 aliphatic carbocycles. The van der Waals surface area contributed by atoms with Crippen LogP contribution >= 0.6 is 0 Å². The van der Waals surface area contributed by atoms with Gasteiger partial charge in [0.05, 0.1) is 38.1 Å². The fourth-order valence-electron chi connectivity index (χ4n) is 3.42. The number of hydrogen-bond acceptors (Lipinski definition) is 5. The Morgan fingerprint density at radius 1 is 1.30 bits per heavy atom. The summed E-state index contributed by atoms with van der Waals surface area (Å²) >= 11 is 0. The van der Waals surface area contributed by atoms with E-state index in [1.165, 1.54) is 13.0 Å². The molecule has 2 unspecified atom stereocenters. The largest absolute Gasteiger partial charge is 0.416 e. The molecule has 1 aliphatic rings. The van der Waals surface area contributed by atoms with Gasteiger partial charge in [-0.25, -0.2) is 8.42 Å². The maximum Gasteiger partial charge on any atom is 0.416 e. The minimum absolute atomic E-state index is 0.0419. The molecule has 1 N–H and O–H groups in total. The van der Waals surface area contributed by atoms with Crippen LogP contribution in [0.2, 0.25) is 0 Å². The van der Waals surface area contributed by atoms with Gasteiger partial charge in [-0.15, -0.1) is 0 Å². The monoisotopic (exact) mass is 441 g/mol. The fourth-order valence-corrected chi connectivity index (χ4v) is 5.25. The normalized spacial score (nSPS) is 23.2. The van der Waals surface area contributed by atoms with Crippen LogP contribution in [-0.4, -0.2) is 30.0 Å². The first-order valence-electron chi connectivity index (χ1n) is 9.31. The number of rotatable bonds is 4. The number of nitrogens with zero attached hydrogens (tertiary/aromatic N) is 2. The van der Waals surface area contributed by atoms with E-state index in [-0.39, 0.29) is 24.3 Å².